The molecule has 1 unspecified atom stereocenters. The summed E-state index contributed by atoms with van der Waals surface area (Å²) >= 11 is 0. The Bertz CT molecular complexity index is 972. The van der Waals surface area contributed by atoms with Gasteiger partial charge in [0.05, 0.1) is 0 Å². The molecule has 1 N–H and O–H groups in total. The number of nitrogens with zero attached hydrogens (tertiary/aromatic N) is 1. The van der Waals surface area contributed by atoms with Crippen molar-refractivity contribution in [2.75, 3.05) is 0 Å². The molecule has 0 saturated carbocycles. The van der Waals surface area contributed by atoms with E-state index >= 15 is 0 Å². The van der Waals surface area contributed by atoms with Crippen LogP contribution < -0.4 is 5.32 Å². The van der Waals surface area contributed by atoms with Crippen molar-refractivity contribution in [2.45, 2.75) is 51.7 Å². The molecule has 0 saturated heterocycles. The SMILES string of the molecule is CC(C)NC(=O)C(Cc1ccccc1)N(Cc1ccccc1)C(=O)CCc1ccccc1. The Balaban J connectivity index is 1.87. The molecule has 0 fully saturated rings. The summed E-state index contributed by atoms with van der Waals surface area (Å²) in [5.41, 5.74) is 3.16. The summed E-state index contributed by atoms with van der Waals surface area (Å²) in [7, 11) is 0. The van der Waals surface area contributed by atoms with Crippen LogP contribution in [0.25, 0.3) is 0 Å². The van der Waals surface area contributed by atoms with E-state index in [2.05, 4.69) is 5.32 Å². The molecule has 1 atom stereocenters. The summed E-state index contributed by atoms with van der Waals surface area (Å²) in [6.07, 6.45) is 1.48. The Kier molecular flexibility index (Phi) is 8.61. The van der Waals surface area contributed by atoms with Crippen LogP contribution in [-0.2, 0) is 29.0 Å². The number of hydrogen-bond acceptors (Lipinski definition) is 2. The van der Waals surface area contributed by atoms with E-state index in [1.807, 2.05) is 105 Å². The Morgan fingerprint density at radius 3 is 1.78 bits per heavy atom. The predicted octanol–water partition coefficient (Wildman–Crippen LogP) is 4.78. The Morgan fingerprint density at radius 1 is 0.750 bits per heavy atom. The van der Waals surface area contributed by atoms with Crippen LogP contribution in [0.3, 0.4) is 0 Å². The number of benzene rings is 3. The van der Waals surface area contributed by atoms with Gasteiger partial charge in [0.25, 0.3) is 0 Å². The Morgan fingerprint density at radius 2 is 1.25 bits per heavy atom. The van der Waals surface area contributed by atoms with Crippen molar-refractivity contribution in [2.24, 2.45) is 0 Å². The fourth-order valence-corrected chi connectivity index (χ4v) is 3.75. The first-order chi connectivity index (χ1) is 15.5. The Labute approximate surface area is 191 Å². The normalized spacial score (nSPS) is 11.7. The molecule has 2 amide bonds. The zero-order chi connectivity index (χ0) is 22.8. The smallest absolute Gasteiger partial charge is 0.243 e. The highest BCUT2D eigenvalue weighted by Crippen LogP contribution is 2.17. The van der Waals surface area contributed by atoms with E-state index in [9.17, 15) is 9.59 Å². The predicted molar refractivity (Wildman–Crippen MR) is 129 cm³/mol. The van der Waals surface area contributed by atoms with Crippen molar-refractivity contribution in [3.8, 4) is 0 Å². The van der Waals surface area contributed by atoms with E-state index in [0.29, 0.717) is 25.8 Å². The van der Waals surface area contributed by atoms with Crippen molar-refractivity contribution in [1.29, 1.82) is 0 Å². The second-order valence-corrected chi connectivity index (χ2v) is 8.36. The van der Waals surface area contributed by atoms with Gasteiger partial charge in [-0.05, 0) is 37.0 Å². The molecule has 4 nitrogen and oxygen atoms in total. The Hall–Kier alpha value is -3.40. The standard InChI is InChI=1S/C28H32N2O2/c1-22(2)29-28(32)26(20-24-14-8-4-9-15-24)30(21-25-16-10-5-11-17-25)27(31)19-18-23-12-6-3-7-13-23/h3-17,22,26H,18-21H2,1-2H3,(H,29,32). The summed E-state index contributed by atoms with van der Waals surface area (Å²) in [5.74, 6) is -0.134. The number of hydrogen-bond donors (Lipinski definition) is 1. The van der Waals surface area contributed by atoms with Gasteiger partial charge in [0, 0.05) is 25.4 Å². The quantitative estimate of drug-likeness (QED) is 0.505. The lowest BCUT2D eigenvalue weighted by atomic mass is 10.0. The molecule has 166 valence electrons. The number of carbonyl (C=O) groups is 2. The molecular weight excluding hydrogens is 396 g/mol. The molecule has 4 heteroatoms. The minimum atomic E-state index is -0.580. The molecule has 32 heavy (non-hydrogen) atoms. The van der Waals surface area contributed by atoms with E-state index < -0.39 is 6.04 Å². The highest BCUT2D eigenvalue weighted by molar-refractivity contribution is 5.88. The van der Waals surface area contributed by atoms with Crippen molar-refractivity contribution in [1.82, 2.24) is 10.2 Å². The second kappa shape index (κ2) is 11.8. The molecule has 0 heterocycles. The van der Waals surface area contributed by atoms with Crippen molar-refractivity contribution in [3.63, 3.8) is 0 Å². The van der Waals surface area contributed by atoms with E-state index in [4.69, 9.17) is 0 Å². The number of amides is 2. The van der Waals surface area contributed by atoms with Gasteiger partial charge in [-0.2, -0.15) is 0 Å². The van der Waals surface area contributed by atoms with Crippen LogP contribution in [0.15, 0.2) is 91.0 Å². The molecule has 0 spiro atoms. The molecule has 0 aliphatic rings. The van der Waals surface area contributed by atoms with Gasteiger partial charge in [-0.25, -0.2) is 0 Å². The maximum Gasteiger partial charge on any atom is 0.243 e. The van der Waals surface area contributed by atoms with Gasteiger partial charge in [-0.15, -0.1) is 0 Å². The molecule has 0 aliphatic carbocycles. The van der Waals surface area contributed by atoms with Crippen LogP contribution >= 0.6 is 0 Å². The van der Waals surface area contributed by atoms with E-state index in [-0.39, 0.29) is 17.9 Å². The van der Waals surface area contributed by atoms with Crippen molar-refractivity contribution in [3.05, 3.63) is 108 Å². The largest absolute Gasteiger partial charge is 0.352 e. The maximum absolute atomic E-state index is 13.5. The van der Waals surface area contributed by atoms with Gasteiger partial charge in [-0.3, -0.25) is 9.59 Å². The minimum Gasteiger partial charge on any atom is -0.352 e. The number of nitrogens with one attached hydrogen (secondary N) is 1. The molecule has 3 rings (SSSR count). The molecule has 0 aromatic heterocycles. The third kappa shape index (κ3) is 7.09. The number of carbonyl (C=O) groups excluding carboxylic acids is 2. The lowest BCUT2D eigenvalue weighted by Gasteiger charge is -2.32. The summed E-state index contributed by atoms with van der Waals surface area (Å²) < 4.78 is 0. The average molecular weight is 429 g/mol. The monoisotopic (exact) mass is 428 g/mol. The molecule has 3 aromatic carbocycles. The van der Waals surface area contributed by atoms with Crippen LogP contribution in [0.1, 0.15) is 37.0 Å². The van der Waals surface area contributed by atoms with Crippen molar-refractivity contribution >= 4 is 11.8 Å². The van der Waals surface area contributed by atoms with Gasteiger partial charge in [-0.1, -0.05) is 91.0 Å². The van der Waals surface area contributed by atoms with Gasteiger partial charge in [0.1, 0.15) is 6.04 Å². The molecule has 0 bridgehead atoms. The third-order valence-electron chi connectivity index (χ3n) is 5.37. The van der Waals surface area contributed by atoms with Gasteiger partial charge >= 0.3 is 0 Å². The molecular formula is C28H32N2O2. The fourth-order valence-electron chi connectivity index (χ4n) is 3.75. The van der Waals surface area contributed by atoms with Crippen molar-refractivity contribution < 1.29 is 9.59 Å². The first-order valence-corrected chi connectivity index (χ1v) is 11.2. The lowest BCUT2D eigenvalue weighted by Crippen LogP contribution is -2.51. The maximum atomic E-state index is 13.5. The first kappa shape index (κ1) is 23.3. The van der Waals surface area contributed by atoms with Crippen LogP contribution in [-0.4, -0.2) is 28.8 Å². The minimum absolute atomic E-state index is 0.00114. The number of aryl methyl sites for hydroxylation is 1. The molecule has 0 aliphatic heterocycles. The van der Waals surface area contributed by atoms with Gasteiger partial charge < -0.3 is 10.2 Å². The third-order valence-corrected chi connectivity index (χ3v) is 5.37. The summed E-state index contributed by atoms with van der Waals surface area (Å²) in [5, 5.41) is 3.03. The number of rotatable bonds is 10. The molecule has 0 radical (unpaired) electrons. The summed E-state index contributed by atoms with van der Waals surface area (Å²) in [4.78, 5) is 28.5. The summed E-state index contributed by atoms with van der Waals surface area (Å²) in [6.45, 7) is 4.28. The van der Waals surface area contributed by atoms with Crippen LogP contribution in [0, 0.1) is 0 Å². The van der Waals surface area contributed by atoms with Crippen LogP contribution in [0.2, 0.25) is 0 Å². The van der Waals surface area contributed by atoms with E-state index in [1.54, 1.807) is 4.90 Å². The highest BCUT2D eigenvalue weighted by Gasteiger charge is 2.30. The van der Waals surface area contributed by atoms with E-state index in [0.717, 1.165) is 16.7 Å². The fraction of sp³-hybridized carbons (Fsp3) is 0.286. The highest BCUT2D eigenvalue weighted by atomic mass is 16.2. The summed E-state index contributed by atoms with van der Waals surface area (Å²) in [6, 6.07) is 29.2. The van der Waals surface area contributed by atoms with Crippen LogP contribution in [0.4, 0.5) is 0 Å². The van der Waals surface area contributed by atoms with Gasteiger partial charge in [0.15, 0.2) is 0 Å². The lowest BCUT2D eigenvalue weighted by molar-refractivity contribution is -0.141. The zero-order valence-corrected chi connectivity index (χ0v) is 18.9. The molecule has 3 aromatic rings. The average Bonchev–Trinajstić information content (AvgIpc) is 2.81. The topological polar surface area (TPSA) is 49.4 Å². The second-order valence-electron chi connectivity index (χ2n) is 8.36. The van der Waals surface area contributed by atoms with Crippen LogP contribution in [0.5, 0.6) is 0 Å². The van der Waals surface area contributed by atoms with Gasteiger partial charge in [0.2, 0.25) is 11.8 Å². The van der Waals surface area contributed by atoms with E-state index in [1.165, 1.54) is 0 Å². The zero-order valence-electron chi connectivity index (χ0n) is 18.9. The first-order valence-electron chi connectivity index (χ1n) is 11.2.